The van der Waals surface area contributed by atoms with Gasteiger partial charge in [-0.1, -0.05) is 72.8 Å². The largest absolute Gasteiger partial charge is 0.469 e. The lowest BCUT2D eigenvalue weighted by molar-refractivity contribution is -0.143. The van der Waals surface area contributed by atoms with E-state index in [0.29, 0.717) is 5.57 Å². The fourth-order valence-electron chi connectivity index (χ4n) is 2.35. The molecule has 0 saturated heterocycles. The molecule has 0 spiro atoms. The van der Waals surface area contributed by atoms with Gasteiger partial charge in [-0.05, 0) is 16.7 Å². The number of hydrogen-bond donors (Lipinski definition) is 0. The van der Waals surface area contributed by atoms with Crippen molar-refractivity contribution >= 4 is 23.6 Å². The molecule has 2 aromatic carbocycles. The highest BCUT2D eigenvalue weighted by molar-refractivity contribution is 6.04. The molecule has 0 amide bonds. The predicted octanol–water partition coefficient (Wildman–Crippen LogP) is 3.89. The summed E-state index contributed by atoms with van der Waals surface area (Å²) in [5.41, 5.74) is 2.69. The molecule has 0 heterocycles. The number of allylic oxidation sites excluding steroid dienone is 2. The fourth-order valence-corrected chi connectivity index (χ4v) is 2.35. The number of esters is 2. The SMILES string of the molecule is COC(=O)C/C(C(=O)OC)=C(/C=C/c1ccccc1)c1ccccc1. The van der Waals surface area contributed by atoms with E-state index in [0.717, 1.165) is 11.1 Å². The third-order valence-electron chi connectivity index (χ3n) is 3.63. The van der Waals surface area contributed by atoms with Gasteiger partial charge in [0.05, 0.1) is 26.2 Å². The summed E-state index contributed by atoms with van der Waals surface area (Å²) in [5, 5.41) is 0. The average Bonchev–Trinajstić information content (AvgIpc) is 2.68. The lowest BCUT2D eigenvalue weighted by Crippen LogP contribution is -2.13. The number of ether oxygens (including phenoxy) is 2. The number of hydrogen-bond acceptors (Lipinski definition) is 4. The number of carbonyl (C=O) groups is 2. The van der Waals surface area contributed by atoms with Crippen molar-refractivity contribution in [1.82, 2.24) is 0 Å². The molecular formula is C21H20O4. The summed E-state index contributed by atoms with van der Waals surface area (Å²) in [6.07, 6.45) is 3.55. The molecule has 2 rings (SSSR count). The first-order valence-corrected chi connectivity index (χ1v) is 7.82. The van der Waals surface area contributed by atoms with Crippen LogP contribution in [0.15, 0.2) is 72.3 Å². The van der Waals surface area contributed by atoms with Crippen LogP contribution in [0.2, 0.25) is 0 Å². The number of carbonyl (C=O) groups excluding carboxylic acids is 2. The van der Waals surface area contributed by atoms with Crippen LogP contribution in [0.1, 0.15) is 17.5 Å². The first kappa shape index (κ1) is 18.2. The van der Waals surface area contributed by atoms with E-state index in [1.165, 1.54) is 14.2 Å². The lowest BCUT2D eigenvalue weighted by atomic mass is 9.96. The molecule has 128 valence electrons. The molecular weight excluding hydrogens is 316 g/mol. The van der Waals surface area contributed by atoms with Crippen molar-refractivity contribution in [2.45, 2.75) is 6.42 Å². The van der Waals surface area contributed by atoms with Crippen LogP contribution < -0.4 is 0 Å². The van der Waals surface area contributed by atoms with Gasteiger partial charge in [-0.15, -0.1) is 0 Å². The molecule has 0 aromatic heterocycles. The maximum Gasteiger partial charge on any atom is 0.334 e. The van der Waals surface area contributed by atoms with Gasteiger partial charge >= 0.3 is 11.9 Å². The van der Waals surface area contributed by atoms with Crippen molar-refractivity contribution in [1.29, 1.82) is 0 Å². The van der Waals surface area contributed by atoms with Crippen LogP contribution in [0.5, 0.6) is 0 Å². The van der Waals surface area contributed by atoms with E-state index < -0.39 is 11.9 Å². The fraction of sp³-hybridized carbons (Fsp3) is 0.143. The van der Waals surface area contributed by atoms with Gasteiger partial charge in [-0.3, -0.25) is 4.79 Å². The van der Waals surface area contributed by atoms with Crippen LogP contribution >= 0.6 is 0 Å². The normalized spacial score (nSPS) is 11.8. The van der Waals surface area contributed by atoms with Crippen LogP contribution in [-0.2, 0) is 19.1 Å². The quantitative estimate of drug-likeness (QED) is 0.456. The molecule has 0 N–H and O–H groups in total. The van der Waals surface area contributed by atoms with Crippen molar-refractivity contribution in [3.63, 3.8) is 0 Å². The molecule has 2 aromatic rings. The third-order valence-corrected chi connectivity index (χ3v) is 3.63. The molecule has 25 heavy (non-hydrogen) atoms. The third kappa shape index (κ3) is 5.18. The van der Waals surface area contributed by atoms with Gasteiger partial charge in [0, 0.05) is 0 Å². The highest BCUT2D eigenvalue weighted by atomic mass is 16.5. The predicted molar refractivity (Wildman–Crippen MR) is 97.5 cm³/mol. The van der Waals surface area contributed by atoms with Gasteiger partial charge in [0.25, 0.3) is 0 Å². The Morgan fingerprint density at radius 1 is 0.880 bits per heavy atom. The monoisotopic (exact) mass is 336 g/mol. The maximum absolute atomic E-state index is 12.3. The molecule has 0 aliphatic rings. The van der Waals surface area contributed by atoms with Gasteiger partial charge in [0.1, 0.15) is 0 Å². The van der Waals surface area contributed by atoms with Crippen molar-refractivity contribution in [2.75, 3.05) is 14.2 Å². The summed E-state index contributed by atoms with van der Waals surface area (Å²) in [5.74, 6) is -1.05. The Bertz CT molecular complexity index is 774. The molecule has 0 atom stereocenters. The first-order chi connectivity index (χ1) is 12.2. The van der Waals surface area contributed by atoms with Crippen molar-refractivity contribution in [3.8, 4) is 0 Å². The highest BCUT2D eigenvalue weighted by Crippen LogP contribution is 2.25. The minimum Gasteiger partial charge on any atom is -0.469 e. The van der Waals surface area contributed by atoms with E-state index in [1.54, 1.807) is 0 Å². The molecule has 0 unspecified atom stereocenters. The summed E-state index contributed by atoms with van der Waals surface area (Å²) < 4.78 is 9.59. The zero-order valence-corrected chi connectivity index (χ0v) is 14.3. The van der Waals surface area contributed by atoms with Gasteiger partial charge in [-0.25, -0.2) is 4.79 Å². The molecule has 0 aliphatic carbocycles. The second-order valence-electron chi connectivity index (χ2n) is 5.25. The Kier molecular flexibility index (Phi) is 6.72. The maximum atomic E-state index is 12.3. The Morgan fingerprint density at radius 2 is 1.48 bits per heavy atom. The molecule has 0 saturated carbocycles. The second kappa shape index (κ2) is 9.23. The molecule has 0 bridgehead atoms. The van der Waals surface area contributed by atoms with Gasteiger partial charge < -0.3 is 9.47 Å². The minimum absolute atomic E-state index is 0.160. The van der Waals surface area contributed by atoms with E-state index in [2.05, 4.69) is 0 Å². The molecule has 4 nitrogen and oxygen atoms in total. The Hall–Kier alpha value is -3.14. The van der Waals surface area contributed by atoms with Crippen molar-refractivity contribution < 1.29 is 19.1 Å². The van der Waals surface area contributed by atoms with Crippen LogP contribution in [-0.4, -0.2) is 26.2 Å². The van der Waals surface area contributed by atoms with Gasteiger partial charge in [0.15, 0.2) is 0 Å². The first-order valence-electron chi connectivity index (χ1n) is 7.82. The van der Waals surface area contributed by atoms with Crippen LogP contribution in [0.25, 0.3) is 11.6 Å². The topological polar surface area (TPSA) is 52.6 Å². The average molecular weight is 336 g/mol. The summed E-state index contributed by atoms with van der Waals surface area (Å²) in [6.45, 7) is 0. The highest BCUT2D eigenvalue weighted by Gasteiger charge is 2.19. The summed E-state index contributed by atoms with van der Waals surface area (Å²) in [7, 11) is 2.59. The van der Waals surface area contributed by atoms with Crippen LogP contribution in [0.3, 0.4) is 0 Å². The summed E-state index contributed by atoms with van der Waals surface area (Å²) >= 11 is 0. The zero-order valence-electron chi connectivity index (χ0n) is 14.3. The Morgan fingerprint density at radius 3 is 2.04 bits per heavy atom. The standard InChI is InChI=1S/C21H20O4/c1-24-20(22)15-19(21(23)25-2)18(17-11-7-4-8-12-17)14-13-16-9-5-3-6-10-16/h3-14H,15H2,1-2H3/b14-13+,19-18+. The smallest absolute Gasteiger partial charge is 0.334 e. The Balaban J connectivity index is 2.55. The number of rotatable bonds is 6. The van der Waals surface area contributed by atoms with Crippen LogP contribution in [0, 0.1) is 0 Å². The van der Waals surface area contributed by atoms with E-state index in [9.17, 15) is 9.59 Å². The van der Waals surface area contributed by atoms with Crippen LogP contribution in [0.4, 0.5) is 0 Å². The second-order valence-corrected chi connectivity index (χ2v) is 5.25. The zero-order chi connectivity index (χ0) is 18.1. The molecule has 0 radical (unpaired) electrons. The minimum atomic E-state index is -0.554. The Labute approximate surface area is 147 Å². The molecule has 0 fully saturated rings. The van der Waals surface area contributed by atoms with E-state index in [4.69, 9.17) is 9.47 Å². The van der Waals surface area contributed by atoms with E-state index >= 15 is 0 Å². The molecule has 0 aliphatic heterocycles. The van der Waals surface area contributed by atoms with E-state index in [1.807, 2.05) is 72.8 Å². The lowest BCUT2D eigenvalue weighted by Gasteiger charge is -2.11. The van der Waals surface area contributed by atoms with Crippen molar-refractivity contribution in [2.24, 2.45) is 0 Å². The summed E-state index contributed by atoms with van der Waals surface area (Å²) in [6, 6.07) is 19.1. The van der Waals surface area contributed by atoms with Gasteiger partial charge in [-0.2, -0.15) is 0 Å². The summed E-state index contributed by atoms with van der Waals surface area (Å²) in [4.78, 5) is 24.0. The van der Waals surface area contributed by atoms with Crippen molar-refractivity contribution in [3.05, 3.63) is 83.4 Å². The van der Waals surface area contributed by atoms with Gasteiger partial charge in [0.2, 0.25) is 0 Å². The molecule has 4 heteroatoms. The number of methoxy groups -OCH3 is 2. The number of benzene rings is 2. The van der Waals surface area contributed by atoms with E-state index in [-0.39, 0.29) is 12.0 Å².